The topological polar surface area (TPSA) is 106 Å². The number of rotatable bonds is 9. The lowest BCUT2D eigenvalue weighted by molar-refractivity contribution is -0.133. The highest BCUT2D eigenvalue weighted by Crippen LogP contribution is 2.28. The van der Waals surface area contributed by atoms with Gasteiger partial charge in [-0.25, -0.2) is 0 Å². The molecule has 188 valence electrons. The number of benzene rings is 1. The Balaban J connectivity index is 1.41. The SMILES string of the molecule is CCOc1ccc(CCNC(=O)c2cc3n(n2)C[C@](C)(C(=O)NC2CCCC2)N(CC)C3=O)cc1. The molecule has 1 atom stereocenters. The second-order valence-corrected chi connectivity index (χ2v) is 9.43. The molecule has 1 fully saturated rings. The molecule has 9 heteroatoms. The summed E-state index contributed by atoms with van der Waals surface area (Å²) in [5.41, 5.74) is 0.524. The summed E-state index contributed by atoms with van der Waals surface area (Å²) in [5, 5.41) is 10.4. The first-order valence-corrected chi connectivity index (χ1v) is 12.6. The Labute approximate surface area is 206 Å². The Morgan fingerprint density at radius 3 is 2.54 bits per heavy atom. The van der Waals surface area contributed by atoms with Crippen molar-refractivity contribution >= 4 is 17.7 Å². The molecule has 2 N–H and O–H groups in total. The van der Waals surface area contributed by atoms with E-state index in [0.29, 0.717) is 31.8 Å². The lowest BCUT2D eigenvalue weighted by Gasteiger charge is -2.43. The molecule has 0 bridgehead atoms. The van der Waals surface area contributed by atoms with E-state index in [9.17, 15) is 14.4 Å². The quantitative estimate of drug-likeness (QED) is 0.573. The van der Waals surface area contributed by atoms with E-state index in [1.54, 1.807) is 11.8 Å². The zero-order valence-electron chi connectivity index (χ0n) is 20.8. The van der Waals surface area contributed by atoms with Crippen molar-refractivity contribution in [3.05, 3.63) is 47.3 Å². The van der Waals surface area contributed by atoms with Crippen LogP contribution in [0.2, 0.25) is 0 Å². The standard InChI is InChI=1S/C26H35N5O4/c1-4-30-24(33)22-16-21(23(32)27-15-14-18-10-12-20(13-11-18)35-5-2)29-31(22)17-26(30,3)25(34)28-19-8-6-7-9-19/h10-13,16,19H,4-9,14-15,17H2,1-3H3,(H,27,32)(H,28,34)/t26-/m1/s1. The van der Waals surface area contributed by atoms with Gasteiger partial charge in [-0.2, -0.15) is 5.10 Å². The number of nitrogens with one attached hydrogen (secondary N) is 2. The van der Waals surface area contributed by atoms with Gasteiger partial charge in [-0.05, 0) is 57.7 Å². The molecule has 0 radical (unpaired) electrons. The molecular formula is C26H35N5O4. The fourth-order valence-electron chi connectivity index (χ4n) is 4.99. The predicted octanol–water partition coefficient (Wildman–Crippen LogP) is 2.55. The van der Waals surface area contributed by atoms with Crippen LogP contribution in [0, 0.1) is 0 Å². The predicted molar refractivity (Wildman–Crippen MR) is 131 cm³/mol. The van der Waals surface area contributed by atoms with Gasteiger partial charge in [-0.1, -0.05) is 25.0 Å². The third-order valence-electron chi connectivity index (χ3n) is 6.96. The van der Waals surface area contributed by atoms with Gasteiger partial charge in [-0.15, -0.1) is 0 Å². The van der Waals surface area contributed by atoms with Crippen LogP contribution in [0.15, 0.2) is 30.3 Å². The summed E-state index contributed by atoms with van der Waals surface area (Å²) in [5.74, 6) is 0.0234. The van der Waals surface area contributed by atoms with Crippen LogP contribution in [-0.2, 0) is 17.8 Å². The Bertz CT molecular complexity index is 1070. The number of ether oxygens (including phenoxy) is 1. The first-order valence-electron chi connectivity index (χ1n) is 12.6. The zero-order valence-corrected chi connectivity index (χ0v) is 20.8. The van der Waals surface area contributed by atoms with Crippen molar-refractivity contribution in [2.24, 2.45) is 0 Å². The van der Waals surface area contributed by atoms with Crippen LogP contribution in [0.1, 0.15) is 73.0 Å². The molecule has 3 amide bonds. The minimum atomic E-state index is -1.06. The molecule has 0 spiro atoms. The average Bonchev–Trinajstić information content (AvgIpc) is 3.50. The van der Waals surface area contributed by atoms with E-state index in [1.807, 2.05) is 38.1 Å². The van der Waals surface area contributed by atoms with Crippen LogP contribution in [0.5, 0.6) is 5.75 Å². The molecule has 1 aromatic carbocycles. The molecule has 2 aliphatic rings. The molecule has 2 aromatic rings. The van der Waals surface area contributed by atoms with Gasteiger partial charge < -0.3 is 20.3 Å². The first kappa shape index (κ1) is 24.8. The Morgan fingerprint density at radius 2 is 1.89 bits per heavy atom. The van der Waals surface area contributed by atoms with E-state index in [0.717, 1.165) is 37.0 Å². The van der Waals surface area contributed by atoms with E-state index >= 15 is 0 Å². The van der Waals surface area contributed by atoms with Crippen molar-refractivity contribution in [2.75, 3.05) is 19.7 Å². The highest BCUT2D eigenvalue weighted by Gasteiger charge is 2.48. The number of carbonyl (C=O) groups is 3. The monoisotopic (exact) mass is 481 g/mol. The van der Waals surface area contributed by atoms with Crippen molar-refractivity contribution < 1.29 is 19.1 Å². The number of hydrogen-bond donors (Lipinski definition) is 2. The van der Waals surface area contributed by atoms with Crippen molar-refractivity contribution in [3.63, 3.8) is 0 Å². The minimum Gasteiger partial charge on any atom is -0.494 e. The van der Waals surface area contributed by atoms with Crippen molar-refractivity contribution in [1.82, 2.24) is 25.3 Å². The third-order valence-corrected chi connectivity index (χ3v) is 6.96. The summed E-state index contributed by atoms with van der Waals surface area (Å²) in [7, 11) is 0. The average molecular weight is 482 g/mol. The Kier molecular flexibility index (Phi) is 7.42. The summed E-state index contributed by atoms with van der Waals surface area (Å²) < 4.78 is 6.96. The summed E-state index contributed by atoms with van der Waals surface area (Å²) in [6.07, 6.45) is 4.82. The molecule has 0 saturated heterocycles. The molecule has 4 rings (SSSR count). The smallest absolute Gasteiger partial charge is 0.273 e. The summed E-state index contributed by atoms with van der Waals surface area (Å²) in [4.78, 5) is 40.8. The molecule has 2 heterocycles. The van der Waals surface area contributed by atoms with Crippen LogP contribution in [0.25, 0.3) is 0 Å². The maximum Gasteiger partial charge on any atom is 0.273 e. The largest absolute Gasteiger partial charge is 0.494 e. The van der Waals surface area contributed by atoms with Crippen molar-refractivity contribution in [2.45, 2.75) is 71.0 Å². The molecule has 0 unspecified atom stereocenters. The van der Waals surface area contributed by atoms with Crippen LogP contribution >= 0.6 is 0 Å². The lowest BCUT2D eigenvalue weighted by atomic mass is 9.94. The van der Waals surface area contributed by atoms with Gasteiger partial charge in [0.25, 0.3) is 11.8 Å². The van der Waals surface area contributed by atoms with E-state index in [2.05, 4.69) is 15.7 Å². The van der Waals surface area contributed by atoms with E-state index < -0.39 is 5.54 Å². The highest BCUT2D eigenvalue weighted by atomic mass is 16.5. The molecular weight excluding hydrogens is 446 g/mol. The fourth-order valence-corrected chi connectivity index (χ4v) is 4.99. The number of nitrogens with zero attached hydrogens (tertiary/aromatic N) is 3. The molecule has 35 heavy (non-hydrogen) atoms. The normalized spacial score (nSPS) is 20.0. The van der Waals surface area contributed by atoms with E-state index in [4.69, 9.17) is 4.74 Å². The molecule has 1 aromatic heterocycles. The van der Waals surface area contributed by atoms with Gasteiger partial charge in [0.05, 0.1) is 13.2 Å². The maximum absolute atomic E-state index is 13.3. The Hall–Kier alpha value is -3.36. The summed E-state index contributed by atoms with van der Waals surface area (Å²) in [6, 6.07) is 9.45. The van der Waals surface area contributed by atoms with Gasteiger partial charge in [0.1, 0.15) is 17.0 Å². The number of amides is 3. The second-order valence-electron chi connectivity index (χ2n) is 9.43. The number of hydrogen-bond acceptors (Lipinski definition) is 5. The third kappa shape index (κ3) is 5.18. The summed E-state index contributed by atoms with van der Waals surface area (Å²) >= 11 is 0. The molecule has 1 saturated carbocycles. The number of aromatic nitrogens is 2. The van der Waals surface area contributed by atoms with Gasteiger partial charge >= 0.3 is 0 Å². The number of carbonyl (C=O) groups excluding carboxylic acids is 3. The minimum absolute atomic E-state index is 0.156. The first-order chi connectivity index (χ1) is 16.9. The zero-order chi connectivity index (χ0) is 25.0. The molecule has 1 aliphatic heterocycles. The van der Waals surface area contributed by atoms with E-state index in [1.165, 1.54) is 10.7 Å². The maximum atomic E-state index is 13.3. The van der Waals surface area contributed by atoms with Crippen LogP contribution in [0.3, 0.4) is 0 Å². The number of likely N-dealkylation sites (N-methyl/N-ethyl adjacent to an activating group) is 1. The molecule has 1 aliphatic carbocycles. The highest BCUT2D eigenvalue weighted by molar-refractivity contribution is 6.01. The summed E-state index contributed by atoms with van der Waals surface area (Å²) in [6.45, 7) is 7.23. The number of fused-ring (bicyclic) bond motifs is 1. The van der Waals surface area contributed by atoms with Crippen LogP contribution < -0.4 is 15.4 Å². The lowest BCUT2D eigenvalue weighted by Crippen LogP contribution is -2.64. The van der Waals surface area contributed by atoms with Crippen molar-refractivity contribution in [1.29, 1.82) is 0 Å². The fraction of sp³-hybridized carbons (Fsp3) is 0.538. The second kappa shape index (κ2) is 10.5. The van der Waals surface area contributed by atoms with Crippen molar-refractivity contribution in [3.8, 4) is 5.75 Å². The van der Waals surface area contributed by atoms with Gasteiger partial charge in [0.2, 0.25) is 5.91 Å². The van der Waals surface area contributed by atoms with E-state index in [-0.39, 0.29) is 36.0 Å². The van der Waals surface area contributed by atoms with Crippen LogP contribution in [0.4, 0.5) is 0 Å². The Morgan fingerprint density at radius 1 is 1.17 bits per heavy atom. The van der Waals surface area contributed by atoms with Gasteiger partial charge in [-0.3, -0.25) is 19.1 Å². The van der Waals surface area contributed by atoms with Gasteiger partial charge in [0.15, 0.2) is 5.69 Å². The van der Waals surface area contributed by atoms with Crippen LogP contribution in [-0.4, -0.2) is 63.7 Å². The molecule has 9 nitrogen and oxygen atoms in total. The van der Waals surface area contributed by atoms with Gasteiger partial charge in [0, 0.05) is 25.2 Å².